The first-order valence-corrected chi connectivity index (χ1v) is 9.19. The highest BCUT2D eigenvalue weighted by atomic mass is 16.5. The fourth-order valence-corrected chi connectivity index (χ4v) is 3.51. The normalized spacial score (nSPS) is 15.7. The van der Waals surface area contributed by atoms with Gasteiger partial charge in [0.05, 0.1) is 18.7 Å². The predicted octanol–water partition coefficient (Wildman–Crippen LogP) is 3.56. The summed E-state index contributed by atoms with van der Waals surface area (Å²) in [6.45, 7) is 7.73. The minimum atomic E-state index is 0.113. The number of hydrogen-bond acceptors (Lipinski definition) is 3. The largest absolute Gasteiger partial charge is 0.493 e. The molecule has 0 unspecified atom stereocenters. The van der Waals surface area contributed by atoms with E-state index in [4.69, 9.17) is 9.47 Å². The second kappa shape index (κ2) is 7.91. The van der Waals surface area contributed by atoms with Gasteiger partial charge in [0.25, 0.3) is 5.91 Å². The van der Waals surface area contributed by atoms with Crippen molar-refractivity contribution in [1.82, 2.24) is 9.47 Å². The Balaban J connectivity index is 2.00. The maximum atomic E-state index is 13.2. The topological polar surface area (TPSA) is 43.7 Å². The van der Waals surface area contributed by atoms with Crippen molar-refractivity contribution in [3.8, 4) is 5.75 Å². The smallest absolute Gasteiger partial charge is 0.270 e. The average molecular weight is 344 g/mol. The van der Waals surface area contributed by atoms with Crippen molar-refractivity contribution in [2.45, 2.75) is 33.2 Å². The highest BCUT2D eigenvalue weighted by Crippen LogP contribution is 2.30. The Morgan fingerprint density at radius 2 is 2.04 bits per heavy atom. The van der Waals surface area contributed by atoms with Crippen molar-refractivity contribution in [2.75, 3.05) is 33.4 Å². The molecule has 2 heterocycles. The van der Waals surface area contributed by atoms with E-state index in [9.17, 15) is 4.79 Å². The van der Waals surface area contributed by atoms with E-state index in [1.807, 2.05) is 36.1 Å². The van der Waals surface area contributed by atoms with Crippen LogP contribution in [0.15, 0.2) is 24.3 Å². The van der Waals surface area contributed by atoms with E-state index >= 15 is 0 Å². The summed E-state index contributed by atoms with van der Waals surface area (Å²) < 4.78 is 13.1. The van der Waals surface area contributed by atoms with E-state index in [2.05, 4.69) is 11.5 Å². The highest BCUT2D eigenvalue weighted by molar-refractivity contribution is 6.00. The summed E-state index contributed by atoms with van der Waals surface area (Å²) in [5.74, 6) is 1.65. The van der Waals surface area contributed by atoms with Crippen molar-refractivity contribution in [3.63, 3.8) is 0 Å². The lowest BCUT2D eigenvalue weighted by molar-refractivity contribution is 0.0684. The van der Waals surface area contributed by atoms with E-state index in [1.54, 1.807) is 7.11 Å². The van der Waals surface area contributed by atoms with E-state index < -0.39 is 0 Å². The lowest BCUT2D eigenvalue weighted by Gasteiger charge is -2.30. The van der Waals surface area contributed by atoms with Crippen LogP contribution in [0.25, 0.3) is 10.9 Å². The van der Waals surface area contributed by atoms with E-state index in [-0.39, 0.29) is 5.91 Å². The molecule has 0 atom stereocenters. The van der Waals surface area contributed by atoms with Crippen LogP contribution >= 0.6 is 0 Å². The molecule has 136 valence electrons. The van der Waals surface area contributed by atoms with Crippen molar-refractivity contribution < 1.29 is 14.3 Å². The number of ether oxygens (including phenoxy) is 2. The van der Waals surface area contributed by atoms with Gasteiger partial charge in [-0.15, -0.1) is 0 Å². The summed E-state index contributed by atoms with van der Waals surface area (Å²) in [6.07, 6.45) is 2.16. The maximum Gasteiger partial charge on any atom is 0.270 e. The first-order valence-electron chi connectivity index (χ1n) is 9.19. The second-order valence-electron chi connectivity index (χ2n) is 6.77. The van der Waals surface area contributed by atoms with E-state index in [1.165, 1.54) is 0 Å². The Morgan fingerprint density at radius 3 is 2.72 bits per heavy atom. The van der Waals surface area contributed by atoms with Gasteiger partial charge in [-0.25, -0.2) is 0 Å². The van der Waals surface area contributed by atoms with E-state index in [0.29, 0.717) is 25.7 Å². The first-order chi connectivity index (χ1) is 12.2. The summed E-state index contributed by atoms with van der Waals surface area (Å²) in [7, 11) is 1.69. The molecule has 0 radical (unpaired) electrons. The minimum absolute atomic E-state index is 0.113. The van der Waals surface area contributed by atoms with Gasteiger partial charge in [-0.3, -0.25) is 4.79 Å². The molecule has 0 N–H and O–H groups in total. The molecular formula is C20H28N2O3. The summed E-state index contributed by atoms with van der Waals surface area (Å²) >= 11 is 0. The summed E-state index contributed by atoms with van der Waals surface area (Å²) in [5, 5.41) is 0.995. The number of methoxy groups -OCH3 is 1. The second-order valence-corrected chi connectivity index (χ2v) is 6.77. The maximum absolute atomic E-state index is 13.2. The molecule has 1 aromatic carbocycles. The molecule has 1 aliphatic rings. The third kappa shape index (κ3) is 3.66. The Labute approximate surface area is 149 Å². The number of carbonyl (C=O) groups is 1. The van der Waals surface area contributed by atoms with Crippen molar-refractivity contribution >= 4 is 16.8 Å². The minimum Gasteiger partial charge on any atom is -0.493 e. The quantitative estimate of drug-likeness (QED) is 0.805. The van der Waals surface area contributed by atoms with Crippen molar-refractivity contribution in [1.29, 1.82) is 0 Å². The van der Waals surface area contributed by atoms with Crippen LogP contribution in [0, 0.1) is 5.92 Å². The molecule has 3 rings (SSSR count). The number of fused-ring (bicyclic) bond motifs is 1. The van der Waals surface area contributed by atoms with Crippen LogP contribution in [0.3, 0.4) is 0 Å². The molecule has 5 nitrogen and oxygen atoms in total. The number of piperidine rings is 1. The number of likely N-dealkylation sites (tertiary alicyclic amines) is 1. The number of hydrogen-bond donors (Lipinski definition) is 0. The molecule has 0 aliphatic carbocycles. The zero-order valence-corrected chi connectivity index (χ0v) is 15.5. The number of rotatable bonds is 6. The molecule has 1 aliphatic heterocycles. The van der Waals surface area contributed by atoms with Gasteiger partial charge < -0.3 is 18.9 Å². The van der Waals surface area contributed by atoms with Crippen molar-refractivity contribution in [3.05, 3.63) is 30.0 Å². The van der Waals surface area contributed by atoms with Crippen LogP contribution in [0.4, 0.5) is 0 Å². The number of nitrogens with zero attached hydrogens (tertiary/aromatic N) is 2. The zero-order valence-electron chi connectivity index (χ0n) is 15.5. The van der Waals surface area contributed by atoms with Gasteiger partial charge >= 0.3 is 0 Å². The number of benzene rings is 1. The van der Waals surface area contributed by atoms with Gasteiger partial charge in [0, 0.05) is 32.1 Å². The van der Waals surface area contributed by atoms with Gasteiger partial charge in [0.2, 0.25) is 0 Å². The number of carbonyl (C=O) groups excluding carboxylic acids is 1. The predicted molar refractivity (Wildman–Crippen MR) is 99.3 cm³/mol. The summed E-state index contributed by atoms with van der Waals surface area (Å²) in [5.41, 5.74) is 1.76. The zero-order chi connectivity index (χ0) is 17.8. The number of amides is 1. The van der Waals surface area contributed by atoms with Crippen LogP contribution in [0.2, 0.25) is 0 Å². The molecular weight excluding hydrogens is 316 g/mol. The molecule has 5 heteroatoms. The van der Waals surface area contributed by atoms with Crippen LogP contribution in [0.5, 0.6) is 5.75 Å². The van der Waals surface area contributed by atoms with Crippen LogP contribution < -0.4 is 4.74 Å². The molecule has 1 amide bonds. The first kappa shape index (κ1) is 17.8. The Hall–Kier alpha value is -2.01. The van der Waals surface area contributed by atoms with Gasteiger partial charge in [-0.05, 0) is 43.9 Å². The van der Waals surface area contributed by atoms with Gasteiger partial charge in [0.15, 0.2) is 0 Å². The van der Waals surface area contributed by atoms with Gasteiger partial charge in [-0.2, -0.15) is 0 Å². The summed E-state index contributed by atoms with van der Waals surface area (Å²) in [6, 6.07) is 7.97. The summed E-state index contributed by atoms with van der Waals surface area (Å²) in [4.78, 5) is 15.1. The number of aromatic nitrogens is 1. The fourth-order valence-electron chi connectivity index (χ4n) is 3.51. The Morgan fingerprint density at radius 1 is 1.28 bits per heavy atom. The monoisotopic (exact) mass is 344 g/mol. The molecule has 0 saturated carbocycles. The average Bonchev–Trinajstić information content (AvgIpc) is 3.00. The Bertz CT molecular complexity index is 730. The highest BCUT2D eigenvalue weighted by Gasteiger charge is 2.25. The molecule has 2 aromatic rings. The molecule has 25 heavy (non-hydrogen) atoms. The molecule has 1 aromatic heterocycles. The fraction of sp³-hybridized carbons (Fsp3) is 0.550. The van der Waals surface area contributed by atoms with E-state index in [0.717, 1.165) is 48.3 Å². The third-order valence-corrected chi connectivity index (χ3v) is 5.01. The molecule has 1 fully saturated rings. The SMILES string of the molecule is CCOc1cccc2c1cc(C(=O)N1CCC(C)CC1)n2CCOC. The van der Waals surface area contributed by atoms with Crippen LogP contribution in [-0.4, -0.2) is 48.8 Å². The lowest BCUT2D eigenvalue weighted by atomic mass is 9.99. The molecule has 0 spiro atoms. The van der Waals surface area contributed by atoms with Crippen molar-refractivity contribution in [2.24, 2.45) is 5.92 Å². The lowest BCUT2D eigenvalue weighted by Crippen LogP contribution is -2.38. The van der Waals surface area contributed by atoms with Crippen LogP contribution in [-0.2, 0) is 11.3 Å². The third-order valence-electron chi connectivity index (χ3n) is 5.01. The van der Waals surface area contributed by atoms with Gasteiger partial charge in [0.1, 0.15) is 11.4 Å². The molecule has 1 saturated heterocycles. The molecule has 0 bridgehead atoms. The standard InChI is InChI=1S/C20H28N2O3/c1-4-25-19-7-5-6-17-16(19)14-18(22(17)12-13-24-3)20(23)21-10-8-15(2)9-11-21/h5-7,14-15H,4,8-13H2,1-3H3. The van der Waals surface area contributed by atoms with Crippen LogP contribution in [0.1, 0.15) is 37.2 Å². The Kier molecular flexibility index (Phi) is 5.63. The van der Waals surface area contributed by atoms with Gasteiger partial charge in [-0.1, -0.05) is 13.0 Å².